The molecule has 1 aliphatic heterocycles. The van der Waals surface area contributed by atoms with Gasteiger partial charge in [-0.1, -0.05) is 0 Å². The van der Waals surface area contributed by atoms with Gasteiger partial charge in [0.2, 0.25) is 5.89 Å². The van der Waals surface area contributed by atoms with Gasteiger partial charge in [-0.05, 0) is 5.16 Å². The summed E-state index contributed by atoms with van der Waals surface area (Å²) >= 11 is 4.04. The Kier molecular flexibility index (Phi) is 1.93. The van der Waals surface area contributed by atoms with Gasteiger partial charge in [0.1, 0.15) is 0 Å². The number of hydrogen-bond acceptors (Lipinski definition) is 6. The summed E-state index contributed by atoms with van der Waals surface area (Å²) in [5, 5.41) is 3.77. The number of nitrogens with zero attached hydrogens (tertiary/aromatic N) is 3. The second-order valence-corrected chi connectivity index (χ2v) is 3.07. The first-order chi connectivity index (χ1) is 5.81. The Bertz CT molecular complexity index is 272. The fraction of sp³-hybridized carbons (Fsp3) is 0.667. The van der Waals surface area contributed by atoms with Crippen LogP contribution in [-0.4, -0.2) is 29.0 Å². The van der Waals surface area contributed by atoms with Crippen LogP contribution in [0.1, 0.15) is 11.9 Å². The molecule has 6 heteroatoms. The molecule has 1 aliphatic rings. The molecule has 0 aliphatic carbocycles. The molecule has 12 heavy (non-hydrogen) atoms. The van der Waals surface area contributed by atoms with E-state index in [0.29, 0.717) is 17.6 Å². The average Bonchev–Trinajstić information content (AvgIpc) is 2.83. The van der Waals surface area contributed by atoms with Gasteiger partial charge in [-0.15, -0.1) is 0 Å². The standard InChI is InChI=1S/C6H10N4OS/c7-4(3-12)5-8-6(9-11-5)10-1-2-10/h4,12H,1-3,7H2. The molecule has 0 saturated carbocycles. The lowest BCUT2D eigenvalue weighted by Gasteiger charge is -1.98. The van der Waals surface area contributed by atoms with Crippen molar-refractivity contribution in [3.05, 3.63) is 5.89 Å². The molecule has 66 valence electrons. The lowest BCUT2D eigenvalue weighted by molar-refractivity contribution is 0.363. The zero-order valence-electron chi connectivity index (χ0n) is 6.47. The van der Waals surface area contributed by atoms with E-state index in [1.807, 2.05) is 4.90 Å². The van der Waals surface area contributed by atoms with E-state index in [-0.39, 0.29) is 6.04 Å². The van der Waals surface area contributed by atoms with Crippen molar-refractivity contribution in [2.75, 3.05) is 23.7 Å². The van der Waals surface area contributed by atoms with Crippen molar-refractivity contribution in [2.45, 2.75) is 6.04 Å². The maximum atomic E-state index is 5.64. The highest BCUT2D eigenvalue weighted by Gasteiger charge is 2.24. The lowest BCUT2D eigenvalue weighted by atomic mass is 10.4. The predicted molar refractivity (Wildman–Crippen MR) is 47.3 cm³/mol. The molecule has 0 amide bonds. The molecule has 0 radical (unpaired) electrons. The van der Waals surface area contributed by atoms with Crippen molar-refractivity contribution >= 4 is 18.6 Å². The molecule has 1 saturated heterocycles. The molecule has 5 nitrogen and oxygen atoms in total. The molecule has 2 heterocycles. The topological polar surface area (TPSA) is 67.9 Å². The second-order valence-electron chi connectivity index (χ2n) is 2.71. The number of hydrogen-bond donors (Lipinski definition) is 2. The normalized spacial score (nSPS) is 18.0. The maximum Gasteiger partial charge on any atom is 0.266 e. The first kappa shape index (κ1) is 7.88. The number of aromatic nitrogens is 2. The lowest BCUT2D eigenvalue weighted by Crippen LogP contribution is -2.12. The number of nitrogens with two attached hydrogens (primary N) is 1. The van der Waals surface area contributed by atoms with Crippen LogP contribution in [0.25, 0.3) is 0 Å². The van der Waals surface area contributed by atoms with E-state index in [4.69, 9.17) is 10.3 Å². The van der Waals surface area contributed by atoms with Gasteiger partial charge in [0, 0.05) is 18.8 Å². The first-order valence-electron chi connectivity index (χ1n) is 3.76. The quantitative estimate of drug-likeness (QED) is 0.506. The van der Waals surface area contributed by atoms with Crippen LogP contribution in [0, 0.1) is 0 Å². The van der Waals surface area contributed by atoms with E-state index >= 15 is 0 Å². The van der Waals surface area contributed by atoms with Gasteiger partial charge in [-0.25, -0.2) is 0 Å². The number of anilines is 1. The van der Waals surface area contributed by atoms with E-state index in [0.717, 1.165) is 13.1 Å². The van der Waals surface area contributed by atoms with Crippen LogP contribution in [0.3, 0.4) is 0 Å². The minimum Gasteiger partial charge on any atom is -0.336 e. The van der Waals surface area contributed by atoms with E-state index < -0.39 is 0 Å². The molecule has 0 spiro atoms. The fourth-order valence-electron chi connectivity index (χ4n) is 0.834. The summed E-state index contributed by atoms with van der Waals surface area (Å²) in [6.07, 6.45) is 0. The molecule has 2 N–H and O–H groups in total. The van der Waals surface area contributed by atoms with Crippen LogP contribution in [0.15, 0.2) is 4.52 Å². The van der Waals surface area contributed by atoms with E-state index in [1.54, 1.807) is 0 Å². The largest absolute Gasteiger partial charge is 0.336 e. The summed E-state index contributed by atoms with van der Waals surface area (Å²) in [6.45, 7) is 2.02. The van der Waals surface area contributed by atoms with Crippen LogP contribution in [-0.2, 0) is 0 Å². The first-order valence-corrected chi connectivity index (χ1v) is 4.39. The van der Waals surface area contributed by atoms with Gasteiger partial charge in [-0.3, -0.25) is 0 Å². The Morgan fingerprint density at radius 1 is 1.67 bits per heavy atom. The minimum atomic E-state index is -0.255. The predicted octanol–water partition coefficient (Wildman–Crippen LogP) is -0.181. The van der Waals surface area contributed by atoms with Crippen LogP contribution in [0.2, 0.25) is 0 Å². The minimum absolute atomic E-state index is 0.255. The molecule has 0 aromatic carbocycles. The highest BCUT2D eigenvalue weighted by atomic mass is 32.1. The molecular formula is C6H10N4OS. The number of thiol groups is 1. The zero-order valence-corrected chi connectivity index (χ0v) is 7.37. The van der Waals surface area contributed by atoms with Gasteiger partial charge >= 0.3 is 0 Å². The van der Waals surface area contributed by atoms with Gasteiger partial charge < -0.3 is 15.2 Å². The van der Waals surface area contributed by atoms with Crippen LogP contribution in [0.5, 0.6) is 0 Å². The molecule has 1 unspecified atom stereocenters. The smallest absolute Gasteiger partial charge is 0.266 e. The average molecular weight is 186 g/mol. The molecule has 0 bridgehead atoms. The molecule has 1 fully saturated rings. The second kappa shape index (κ2) is 2.95. The summed E-state index contributed by atoms with van der Waals surface area (Å²) in [4.78, 5) is 6.12. The third-order valence-corrected chi connectivity index (χ3v) is 2.07. The summed E-state index contributed by atoms with van der Waals surface area (Å²) in [5.41, 5.74) is 5.64. The molecule has 1 aromatic heterocycles. The highest BCUT2D eigenvalue weighted by molar-refractivity contribution is 7.80. The zero-order chi connectivity index (χ0) is 8.55. The summed E-state index contributed by atoms with van der Waals surface area (Å²) in [5.74, 6) is 1.62. The molecular weight excluding hydrogens is 176 g/mol. The summed E-state index contributed by atoms with van der Waals surface area (Å²) < 4.78 is 4.94. The SMILES string of the molecule is NC(CS)c1nc(N2CC2)no1. The van der Waals surface area contributed by atoms with Crippen LogP contribution in [0.4, 0.5) is 5.95 Å². The van der Waals surface area contributed by atoms with Crippen molar-refractivity contribution < 1.29 is 4.52 Å². The van der Waals surface area contributed by atoms with Gasteiger partial charge in [-0.2, -0.15) is 17.6 Å². The molecule has 1 atom stereocenters. The van der Waals surface area contributed by atoms with Crippen molar-refractivity contribution in [3.63, 3.8) is 0 Å². The third-order valence-electron chi connectivity index (χ3n) is 1.67. The van der Waals surface area contributed by atoms with Crippen molar-refractivity contribution in [1.29, 1.82) is 0 Å². The number of rotatable bonds is 3. The Hall–Kier alpha value is -0.750. The van der Waals surface area contributed by atoms with Crippen LogP contribution < -0.4 is 10.6 Å². The Morgan fingerprint density at radius 2 is 2.42 bits per heavy atom. The molecule has 1 aromatic rings. The van der Waals surface area contributed by atoms with Crippen molar-refractivity contribution in [3.8, 4) is 0 Å². The third kappa shape index (κ3) is 1.39. The van der Waals surface area contributed by atoms with E-state index in [1.165, 1.54) is 0 Å². The van der Waals surface area contributed by atoms with Crippen molar-refractivity contribution in [2.24, 2.45) is 5.73 Å². The van der Waals surface area contributed by atoms with Gasteiger partial charge in [0.05, 0.1) is 6.04 Å². The molecule has 2 rings (SSSR count). The van der Waals surface area contributed by atoms with Gasteiger partial charge in [0.25, 0.3) is 5.95 Å². The Labute approximate surface area is 75.3 Å². The monoisotopic (exact) mass is 186 g/mol. The summed E-state index contributed by atoms with van der Waals surface area (Å²) in [7, 11) is 0. The Morgan fingerprint density at radius 3 is 3.00 bits per heavy atom. The van der Waals surface area contributed by atoms with E-state index in [9.17, 15) is 0 Å². The summed E-state index contributed by atoms with van der Waals surface area (Å²) in [6, 6.07) is -0.255. The van der Waals surface area contributed by atoms with Crippen LogP contribution >= 0.6 is 12.6 Å². The van der Waals surface area contributed by atoms with Gasteiger partial charge in [0.15, 0.2) is 0 Å². The van der Waals surface area contributed by atoms with E-state index in [2.05, 4.69) is 22.8 Å². The fourth-order valence-corrected chi connectivity index (χ4v) is 0.990. The van der Waals surface area contributed by atoms with Crippen molar-refractivity contribution in [1.82, 2.24) is 10.1 Å². The highest BCUT2D eigenvalue weighted by Crippen LogP contribution is 2.18. The Balaban J connectivity index is 2.12. The maximum absolute atomic E-state index is 5.64.